The first kappa shape index (κ1) is 14.8. The van der Waals surface area contributed by atoms with E-state index >= 15 is 0 Å². The monoisotopic (exact) mass is 278 g/mol. The largest absolute Gasteiger partial charge is 0.445 e. The van der Waals surface area contributed by atoms with Gasteiger partial charge in [0.1, 0.15) is 6.61 Å². The van der Waals surface area contributed by atoms with Gasteiger partial charge in [0.25, 0.3) is 0 Å². The zero-order valence-electron chi connectivity index (χ0n) is 11.6. The van der Waals surface area contributed by atoms with E-state index in [4.69, 9.17) is 15.2 Å². The first-order valence-corrected chi connectivity index (χ1v) is 7.03. The summed E-state index contributed by atoms with van der Waals surface area (Å²) in [6.07, 6.45) is 1.50. The molecule has 20 heavy (non-hydrogen) atoms. The van der Waals surface area contributed by atoms with Crippen LogP contribution in [-0.2, 0) is 16.1 Å². The standard InChI is InChI=1S/C15H22N2O3/c16-14(13-6-8-19-9-7-13)10-17-15(18)20-11-12-4-2-1-3-5-12/h1-5,13-14H,6-11,16H2,(H,17,18). The molecule has 0 spiro atoms. The van der Waals surface area contributed by atoms with E-state index in [9.17, 15) is 4.79 Å². The molecule has 5 nitrogen and oxygen atoms in total. The van der Waals surface area contributed by atoms with Gasteiger partial charge in [-0.25, -0.2) is 4.79 Å². The lowest BCUT2D eigenvalue weighted by Gasteiger charge is -2.27. The average molecular weight is 278 g/mol. The fourth-order valence-corrected chi connectivity index (χ4v) is 2.29. The smallest absolute Gasteiger partial charge is 0.407 e. The van der Waals surface area contributed by atoms with Gasteiger partial charge in [-0.3, -0.25) is 0 Å². The second kappa shape index (κ2) is 7.87. The summed E-state index contributed by atoms with van der Waals surface area (Å²) in [5, 5.41) is 2.72. The number of nitrogens with one attached hydrogen (secondary N) is 1. The van der Waals surface area contributed by atoms with Crippen LogP contribution in [-0.4, -0.2) is 31.9 Å². The molecule has 1 atom stereocenters. The minimum Gasteiger partial charge on any atom is -0.445 e. The second-order valence-corrected chi connectivity index (χ2v) is 5.06. The number of alkyl carbamates (subject to hydrolysis) is 1. The van der Waals surface area contributed by atoms with Crippen LogP contribution in [0.3, 0.4) is 0 Å². The Kier molecular flexibility index (Phi) is 5.83. The summed E-state index contributed by atoms with van der Waals surface area (Å²) >= 11 is 0. The normalized spacial score (nSPS) is 17.4. The SMILES string of the molecule is NC(CNC(=O)OCc1ccccc1)C1CCOCC1. The van der Waals surface area contributed by atoms with Crippen molar-refractivity contribution in [3.63, 3.8) is 0 Å². The Balaban J connectivity index is 1.64. The average Bonchev–Trinajstić information content (AvgIpc) is 2.52. The molecule has 1 aliphatic rings. The highest BCUT2D eigenvalue weighted by Gasteiger charge is 2.21. The zero-order valence-corrected chi connectivity index (χ0v) is 11.6. The molecule has 1 saturated heterocycles. The quantitative estimate of drug-likeness (QED) is 0.859. The van der Waals surface area contributed by atoms with Crippen LogP contribution in [0.1, 0.15) is 18.4 Å². The van der Waals surface area contributed by atoms with Crippen molar-refractivity contribution in [3.8, 4) is 0 Å². The van der Waals surface area contributed by atoms with E-state index in [1.165, 1.54) is 0 Å². The molecule has 1 aromatic rings. The predicted octanol–water partition coefficient (Wildman–Crippen LogP) is 1.67. The third-order valence-corrected chi connectivity index (χ3v) is 3.57. The lowest BCUT2D eigenvalue weighted by Crippen LogP contribution is -2.44. The van der Waals surface area contributed by atoms with E-state index in [-0.39, 0.29) is 12.6 Å². The minimum atomic E-state index is -0.420. The van der Waals surface area contributed by atoms with Gasteiger partial charge >= 0.3 is 6.09 Å². The highest BCUT2D eigenvalue weighted by molar-refractivity contribution is 5.67. The molecule has 1 fully saturated rings. The number of carbonyl (C=O) groups is 1. The first-order chi connectivity index (χ1) is 9.75. The molecule has 1 aromatic carbocycles. The number of benzene rings is 1. The van der Waals surface area contributed by atoms with Crippen molar-refractivity contribution >= 4 is 6.09 Å². The summed E-state index contributed by atoms with van der Waals surface area (Å²) in [5.41, 5.74) is 7.05. The Hall–Kier alpha value is -1.59. The van der Waals surface area contributed by atoms with Crippen molar-refractivity contribution in [2.75, 3.05) is 19.8 Å². The number of hydrogen-bond acceptors (Lipinski definition) is 4. The molecule has 1 aliphatic heterocycles. The minimum absolute atomic E-state index is 0.0387. The third-order valence-electron chi connectivity index (χ3n) is 3.57. The maximum atomic E-state index is 11.6. The first-order valence-electron chi connectivity index (χ1n) is 7.03. The fourth-order valence-electron chi connectivity index (χ4n) is 2.29. The Morgan fingerprint density at radius 1 is 1.35 bits per heavy atom. The molecule has 1 heterocycles. The number of ether oxygens (including phenoxy) is 2. The van der Waals surface area contributed by atoms with E-state index in [1.807, 2.05) is 30.3 Å². The van der Waals surface area contributed by atoms with Gasteiger partial charge in [-0.05, 0) is 24.3 Å². The van der Waals surface area contributed by atoms with Crippen LogP contribution in [0, 0.1) is 5.92 Å². The second-order valence-electron chi connectivity index (χ2n) is 5.06. The Morgan fingerprint density at radius 3 is 2.75 bits per heavy atom. The van der Waals surface area contributed by atoms with E-state index in [2.05, 4.69) is 5.32 Å². The Labute approximate surface area is 119 Å². The van der Waals surface area contributed by atoms with Gasteiger partial charge in [-0.1, -0.05) is 30.3 Å². The molecule has 3 N–H and O–H groups in total. The van der Waals surface area contributed by atoms with E-state index in [0.717, 1.165) is 31.6 Å². The van der Waals surface area contributed by atoms with Crippen LogP contribution >= 0.6 is 0 Å². The van der Waals surface area contributed by atoms with Crippen molar-refractivity contribution in [2.45, 2.75) is 25.5 Å². The molecule has 1 amide bonds. The van der Waals surface area contributed by atoms with Crippen molar-refractivity contribution in [3.05, 3.63) is 35.9 Å². The summed E-state index contributed by atoms with van der Waals surface area (Å²) < 4.78 is 10.4. The molecule has 0 aliphatic carbocycles. The van der Waals surface area contributed by atoms with Crippen molar-refractivity contribution in [2.24, 2.45) is 11.7 Å². The highest BCUT2D eigenvalue weighted by atomic mass is 16.5. The maximum absolute atomic E-state index is 11.6. The lowest BCUT2D eigenvalue weighted by atomic mass is 9.92. The van der Waals surface area contributed by atoms with E-state index in [1.54, 1.807) is 0 Å². The van der Waals surface area contributed by atoms with Gasteiger partial charge in [0.05, 0.1) is 0 Å². The lowest BCUT2D eigenvalue weighted by molar-refractivity contribution is 0.0581. The van der Waals surface area contributed by atoms with Crippen molar-refractivity contribution < 1.29 is 14.3 Å². The maximum Gasteiger partial charge on any atom is 0.407 e. The van der Waals surface area contributed by atoms with E-state index < -0.39 is 6.09 Å². The number of nitrogens with two attached hydrogens (primary N) is 1. The molecule has 0 saturated carbocycles. The van der Waals surface area contributed by atoms with Gasteiger partial charge in [-0.15, -0.1) is 0 Å². The van der Waals surface area contributed by atoms with Gasteiger partial charge in [0.15, 0.2) is 0 Å². The molecular formula is C15H22N2O3. The van der Waals surface area contributed by atoms with Gasteiger partial charge in [-0.2, -0.15) is 0 Å². The summed E-state index contributed by atoms with van der Waals surface area (Å²) in [7, 11) is 0. The molecule has 0 radical (unpaired) electrons. The van der Waals surface area contributed by atoms with E-state index in [0.29, 0.717) is 12.5 Å². The molecule has 0 bridgehead atoms. The number of carbonyl (C=O) groups excluding carboxylic acids is 1. The van der Waals surface area contributed by atoms with Crippen LogP contribution in [0.25, 0.3) is 0 Å². The number of amides is 1. The zero-order chi connectivity index (χ0) is 14.2. The van der Waals surface area contributed by atoms with Crippen LogP contribution < -0.4 is 11.1 Å². The van der Waals surface area contributed by atoms with Crippen LogP contribution in [0.5, 0.6) is 0 Å². The number of hydrogen-bond donors (Lipinski definition) is 2. The molecule has 5 heteroatoms. The van der Waals surface area contributed by atoms with Crippen molar-refractivity contribution in [1.82, 2.24) is 5.32 Å². The third kappa shape index (κ3) is 4.83. The Bertz CT molecular complexity index is 405. The molecule has 0 aromatic heterocycles. The predicted molar refractivity (Wildman–Crippen MR) is 76.1 cm³/mol. The molecule has 1 unspecified atom stereocenters. The summed E-state index contributed by atoms with van der Waals surface area (Å²) in [4.78, 5) is 11.6. The summed E-state index contributed by atoms with van der Waals surface area (Å²) in [6, 6.07) is 9.55. The molecular weight excluding hydrogens is 256 g/mol. The van der Waals surface area contributed by atoms with Crippen LogP contribution in [0.4, 0.5) is 4.79 Å². The van der Waals surface area contributed by atoms with Crippen LogP contribution in [0.2, 0.25) is 0 Å². The van der Waals surface area contributed by atoms with Gasteiger partial charge < -0.3 is 20.5 Å². The highest BCUT2D eigenvalue weighted by Crippen LogP contribution is 2.17. The van der Waals surface area contributed by atoms with Crippen LogP contribution in [0.15, 0.2) is 30.3 Å². The van der Waals surface area contributed by atoms with Gasteiger partial charge in [0.2, 0.25) is 0 Å². The van der Waals surface area contributed by atoms with Gasteiger partial charge in [0, 0.05) is 25.8 Å². The summed E-state index contributed by atoms with van der Waals surface area (Å²) in [6.45, 7) is 2.24. The Morgan fingerprint density at radius 2 is 2.05 bits per heavy atom. The number of rotatable bonds is 5. The summed E-state index contributed by atoms with van der Waals surface area (Å²) in [5.74, 6) is 0.415. The van der Waals surface area contributed by atoms with Crippen molar-refractivity contribution in [1.29, 1.82) is 0 Å². The molecule has 110 valence electrons. The topological polar surface area (TPSA) is 73.6 Å². The fraction of sp³-hybridized carbons (Fsp3) is 0.533. The molecule has 2 rings (SSSR count).